The molecule has 5 rings (SSSR count). The van der Waals surface area contributed by atoms with Gasteiger partial charge in [0.1, 0.15) is 11.5 Å². The van der Waals surface area contributed by atoms with Gasteiger partial charge < -0.3 is 19.0 Å². The van der Waals surface area contributed by atoms with E-state index in [1.165, 1.54) is 0 Å². The summed E-state index contributed by atoms with van der Waals surface area (Å²) in [5.41, 5.74) is 2.54. The lowest BCUT2D eigenvalue weighted by molar-refractivity contribution is 0.0997. The van der Waals surface area contributed by atoms with Gasteiger partial charge in [0.2, 0.25) is 5.82 Å². The largest absolute Gasteiger partial charge is 0.497 e. The van der Waals surface area contributed by atoms with Crippen LogP contribution in [0, 0.1) is 0 Å². The first-order chi connectivity index (χ1) is 17.0. The van der Waals surface area contributed by atoms with Crippen LogP contribution < -0.4 is 10.1 Å². The number of hydrogen-bond donors (Lipinski definition) is 1. The van der Waals surface area contributed by atoms with Gasteiger partial charge in [-0.2, -0.15) is 4.98 Å². The number of anilines is 1. The summed E-state index contributed by atoms with van der Waals surface area (Å²) in [6.07, 6.45) is 0. The Kier molecular flexibility index (Phi) is 6.27. The first kappa shape index (κ1) is 22.7. The third-order valence-corrected chi connectivity index (χ3v) is 5.95. The fourth-order valence-electron chi connectivity index (χ4n) is 3.42. The van der Waals surface area contributed by atoms with Crippen LogP contribution in [0.15, 0.2) is 87.8 Å². The summed E-state index contributed by atoms with van der Waals surface area (Å²) < 4.78 is 16.4. The van der Waals surface area contributed by atoms with Gasteiger partial charge in [-0.1, -0.05) is 40.5 Å². The highest BCUT2D eigenvalue weighted by Gasteiger charge is 2.18. The molecule has 0 spiro atoms. The van der Waals surface area contributed by atoms with Crippen molar-refractivity contribution in [3.05, 3.63) is 94.7 Å². The third kappa shape index (κ3) is 4.77. The van der Waals surface area contributed by atoms with Crippen molar-refractivity contribution in [3.8, 4) is 39.9 Å². The minimum Gasteiger partial charge on any atom is -0.497 e. The Balaban J connectivity index is 1.37. The SMILES string of the molecule is COc1ccc(-c2noc(-c3ccccc3NC(=O)c3ccc(-c4ccc(Cl)c(Cl)c4)o3)n2)cc1. The summed E-state index contributed by atoms with van der Waals surface area (Å²) in [6.45, 7) is 0. The molecule has 0 fully saturated rings. The van der Waals surface area contributed by atoms with Crippen molar-refractivity contribution in [1.82, 2.24) is 10.1 Å². The number of halogens is 2. The van der Waals surface area contributed by atoms with Gasteiger partial charge in [-0.25, -0.2) is 0 Å². The van der Waals surface area contributed by atoms with Gasteiger partial charge in [-0.05, 0) is 66.7 Å². The maximum absolute atomic E-state index is 12.9. The first-order valence-electron chi connectivity index (χ1n) is 10.5. The molecule has 0 atom stereocenters. The fraction of sp³-hybridized carbons (Fsp3) is 0.0385. The van der Waals surface area contributed by atoms with E-state index in [1.54, 1.807) is 55.6 Å². The maximum Gasteiger partial charge on any atom is 0.291 e. The number of ether oxygens (including phenoxy) is 1. The molecule has 2 aromatic heterocycles. The minimum absolute atomic E-state index is 0.130. The lowest BCUT2D eigenvalue weighted by Crippen LogP contribution is -2.11. The lowest BCUT2D eigenvalue weighted by Gasteiger charge is -2.07. The number of carbonyl (C=O) groups excluding carboxylic acids is 1. The minimum atomic E-state index is -0.432. The second-order valence-electron chi connectivity index (χ2n) is 7.44. The van der Waals surface area contributed by atoms with E-state index in [1.807, 2.05) is 30.3 Å². The zero-order chi connectivity index (χ0) is 24.4. The van der Waals surface area contributed by atoms with Crippen molar-refractivity contribution in [2.75, 3.05) is 12.4 Å². The molecule has 3 aromatic carbocycles. The van der Waals surface area contributed by atoms with Crippen LogP contribution in [0.1, 0.15) is 10.6 Å². The van der Waals surface area contributed by atoms with E-state index in [2.05, 4.69) is 15.5 Å². The molecule has 0 unspecified atom stereocenters. The number of benzene rings is 3. The molecule has 174 valence electrons. The van der Waals surface area contributed by atoms with Gasteiger partial charge in [0.15, 0.2) is 5.76 Å². The van der Waals surface area contributed by atoms with E-state index < -0.39 is 5.91 Å². The van der Waals surface area contributed by atoms with Crippen molar-refractivity contribution >= 4 is 34.8 Å². The standard InChI is InChI=1S/C26H17Cl2N3O4/c1-33-17-9-6-15(7-10-17)24-30-26(35-31-24)18-4-2-3-5-21(18)29-25(32)23-13-12-22(34-23)16-8-11-19(27)20(28)14-16/h2-14H,1H3,(H,29,32). The highest BCUT2D eigenvalue weighted by molar-refractivity contribution is 6.42. The molecule has 2 heterocycles. The molecule has 0 radical (unpaired) electrons. The topological polar surface area (TPSA) is 90.4 Å². The number of rotatable bonds is 6. The van der Waals surface area contributed by atoms with Crippen molar-refractivity contribution < 1.29 is 18.5 Å². The van der Waals surface area contributed by atoms with Crippen LogP contribution in [0.25, 0.3) is 34.2 Å². The van der Waals surface area contributed by atoms with E-state index in [4.69, 9.17) is 36.9 Å². The molecule has 0 aliphatic rings. The number of nitrogens with one attached hydrogen (secondary N) is 1. The van der Waals surface area contributed by atoms with Gasteiger partial charge in [-0.15, -0.1) is 0 Å². The molecule has 0 bridgehead atoms. The van der Waals surface area contributed by atoms with E-state index in [-0.39, 0.29) is 11.7 Å². The molecule has 1 N–H and O–H groups in total. The number of nitrogens with zero attached hydrogens (tertiary/aromatic N) is 2. The quantitative estimate of drug-likeness (QED) is 0.261. The Morgan fingerprint density at radius 2 is 1.69 bits per heavy atom. The van der Waals surface area contributed by atoms with Gasteiger partial charge in [0.05, 0.1) is 28.4 Å². The molecule has 0 saturated carbocycles. The van der Waals surface area contributed by atoms with Crippen molar-refractivity contribution in [2.45, 2.75) is 0 Å². The number of carbonyl (C=O) groups is 1. The van der Waals surface area contributed by atoms with Crippen molar-refractivity contribution in [2.24, 2.45) is 0 Å². The van der Waals surface area contributed by atoms with E-state index in [0.717, 1.165) is 11.3 Å². The van der Waals surface area contributed by atoms with Crippen LogP contribution in [0.5, 0.6) is 5.75 Å². The average Bonchev–Trinajstić information content (AvgIpc) is 3.57. The molecule has 9 heteroatoms. The maximum atomic E-state index is 12.9. The molecule has 35 heavy (non-hydrogen) atoms. The number of para-hydroxylation sites is 1. The smallest absolute Gasteiger partial charge is 0.291 e. The summed E-state index contributed by atoms with van der Waals surface area (Å²) in [7, 11) is 1.60. The molecule has 0 aliphatic carbocycles. The third-order valence-electron chi connectivity index (χ3n) is 5.21. The predicted octanol–water partition coefficient (Wildman–Crippen LogP) is 7.23. The zero-order valence-corrected chi connectivity index (χ0v) is 19.8. The van der Waals surface area contributed by atoms with Crippen LogP contribution in [0.3, 0.4) is 0 Å². The van der Waals surface area contributed by atoms with Gasteiger partial charge in [0.25, 0.3) is 11.8 Å². The molecule has 1 amide bonds. The molecule has 7 nitrogen and oxygen atoms in total. The monoisotopic (exact) mass is 505 g/mol. The zero-order valence-electron chi connectivity index (χ0n) is 18.3. The van der Waals surface area contributed by atoms with Crippen LogP contribution in [-0.2, 0) is 0 Å². The van der Waals surface area contributed by atoms with Crippen LogP contribution in [0.2, 0.25) is 10.0 Å². The fourth-order valence-corrected chi connectivity index (χ4v) is 3.72. The van der Waals surface area contributed by atoms with Crippen LogP contribution in [0.4, 0.5) is 5.69 Å². The van der Waals surface area contributed by atoms with Crippen molar-refractivity contribution in [3.63, 3.8) is 0 Å². The first-order valence-corrected chi connectivity index (χ1v) is 11.2. The number of methoxy groups -OCH3 is 1. The predicted molar refractivity (Wildman–Crippen MR) is 134 cm³/mol. The summed E-state index contributed by atoms with van der Waals surface area (Å²) >= 11 is 12.1. The number of furan rings is 1. The molecular weight excluding hydrogens is 489 g/mol. The number of amides is 1. The van der Waals surface area contributed by atoms with Gasteiger partial charge in [0, 0.05) is 11.1 Å². The Labute approximate surface area is 210 Å². The summed E-state index contributed by atoms with van der Waals surface area (Å²) in [6, 6.07) is 22.8. The Morgan fingerprint density at radius 3 is 2.46 bits per heavy atom. The summed E-state index contributed by atoms with van der Waals surface area (Å²) in [5, 5.41) is 7.75. The Bertz CT molecular complexity index is 1510. The molecule has 5 aromatic rings. The number of hydrogen-bond acceptors (Lipinski definition) is 6. The normalized spacial score (nSPS) is 10.8. The van der Waals surface area contributed by atoms with E-state index in [9.17, 15) is 4.79 Å². The highest BCUT2D eigenvalue weighted by Crippen LogP contribution is 2.31. The highest BCUT2D eigenvalue weighted by atomic mass is 35.5. The summed E-state index contributed by atoms with van der Waals surface area (Å²) in [5.74, 6) is 1.60. The van der Waals surface area contributed by atoms with Gasteiger partial charge in [-0.3, -0.25) is 4.79 Å². The second-order valence-corrected chi connectivity index (χ2v) is 8.26. The Hall–Kier alpha value is -4.07. The molecule has 0 saturated heterocycles. The van der Waals surface area contributed by atoms with Crippen LogP contribution in [-0.4, -0.2) is 23.2 Å². The van der Waals surface area contributed by atoms with Crippen molar-refractivity contribution in [1.29, 1.82) is 0 Å². The van der Waals surface area contributed by atoms with E-state index >= 15 is 0 Å². The molecule has 0 aliphatic heterocycles. The second kappa shape index (κ2) is 9.66. The Morgan fingerprint density at radius 1 is 0.914 bits per heavy atom. The van der Waals surface area contributed by atoms with E-state index in [0.29, 0.717) is 38.4 Å². The summed E-state index contributed by atoms with van der Waals surface area (Å²) in [4.78, 5) is 17.4. The number of aromatic nitrogens is 2. The lowest BCUT2D eigenvalue weighted by atomic mass is 10.1. The molecular formula is C26H17Cl2N3O4. The average molecular weight is 506 g/mol. The van der Waals surface area contributed by atoms with Gasteiger partial charge >= 0.3 is 0 Å². The van der Waals surface area contributed by atoms with Crippen LogP contribution >= 0.6 is 23.2 Å².